The van der Waals surface area contributed by atoms with Crippen LogP contribution in [0.25, 0.3) is 5.69 Å². The van der Waals surface area contributed by atoms with Gasteiger partial charge in [0.1, 0.15) is 5.56 Å². The van der Waals surface area contributed by atoms with Crippen molar-refractivity contribution in [3.05, 3.63) is 59.5 Å². The number of alkyl halides is 6. The first kappa shape index (κ1) is 19.5. The van der Waals surface area contributed by atoms with E-state index in [4.69, 9.17) is 0 Å². The quantitative estimate of drug-likeness (QED) is 0.675. The Bertz CT molecular complexity index is 1000. The van der Waals surface area contributed by atoms with Gasteiger partial charge < -0.3 is 5.32 Å². The van der Waals surface area contributed by atoms with Crippen molar-refractivity contribution < 1.29 is 31.1 Å². The fourth-order valence-electron chi connectivity index (χ4n) is 2.51. The molecule has 0 fully saturated rings. The zero-order valence-electron chi connectivity index (χ0n) is 14.0. The van der Waals surface area contributed by atoms with Gasteiger partial charge in [0.15, 0.2) is 17.2 Å². The lowest BCUT2D eigenvalue weighted by Gasteiger charge is -2.12. The number of carbonyl (C=O) groups excluding carboxylic acids is 1. The molecule has 0 unspecified atom stereocenters. The maximum absolute atomic E-state index is 13.7. The minimum absolute atomic E-state index is 0.0656. The summed E-state index contributed by atoms with van der Waals surface area (Å²) in [5.74, 6) is -1.83. The summed E-state index contributed by atoms with van der Waals surface area (Å²) < 4.78 is 82.5. The van der Waals surface area contributed by atoms with Crippen molar-refractivity contribution >= 4 is 11.7 Å². The number of nitrogens with zero attached hydrogens (tertiary/aromatic N) is 4. The average molecular weight is 403 g/mol. The summed E-state index contributed by atoms with van der Waals surface area (Å²) in [5.41, 5.74) is -5.69. The first-order valence-corrected chi connectivity index (χ1v) is 7.62. The molecule has 28 heavy (non-hydrogen) atoms. The van der Waals surface area contributed by atoms with E-state index in [0.717, 1.165) is 12.1 Å². The largest absolute Gasteiger partial charge is 0.436 e. The SMILES string of the molecule is Cn1ccc(NC(=O)c2c(C(F)(F)F)nn(-c3ccccc3)c2C(F)(F)F)n1. The third kappa shape index (κ3) is 3.70. The van der Waals surface area contributed by atoms with Crippen molar-refractivity contribution in [2.24, 2.45) is 7.05 Å². The molecule has 148 valence electrons. The molecule has 0 aliphatic rings. The third-order valence-electron chi connectivity index (χ3n) is 3.61. The van der Waals surface area contributed by atoms with Crippen molar-refractivity contribution in [1.82, 2.24) is 19.6 Å². The lowest BCUT2D eigenvalue weighted by Crippen LogP contribution is -2.23. The predicted octanol–water partition coefficient (Wildman–Crippen LogP) is 3.90. The van der Waals surface area contributed by atoms with Gasteiger partial charge in [-0.3, -0.25) is 9.48 Å². The molecular formula is C16H11F6N5O. The standard InChI is InChI=1S/C16H11F6N5O/c1-26-8-7-10(24-26)23-14(28)11-12(15(17,18)19)25-27(13(11)16(20,21)22)9-5-3-2-4-6-9/h2-8H,1H3,(H,23,24,28). The van der Waals surface area contributed by atoms with Crippen molar-refractivity contribution in [1.29, 1.82) is 0 Å². The number of para-hydroxylation sites is 1. The smallest absolute Gasteiger partial charge is 0.305 e. The summed E-state index contributed by atoms with van der Waals surface area (Å²) in [6.07, 6.45) is -9.22. The highest BCUT2D eigenvalue weighted by Crippen LogP contribution is 2.40. The van der Waals surface area contributed by atoms with E-state index in [1.807, 2.05) is 5.32 Å². The molecule has 0 saturated carbocycles. The zero-order chi connectivity index (χ0) is 20.7. The topological polar surface area (TPSA) is 64.7 Å². The van der Waals surface area contributed by atoms with Gasteiger partial charge in [0.25, 0.3) is 5.91 Å². The van der Waals surface area contributed by atoms with E-state index in [1.165, 1.54) is 42.2 Å². The maximum atomic E-state index is 13.7. The highest BCUT2D eigenvalue weighted by Gasteiger charge is 2.49. The van der Waals surface area contributed by atoms with Crippen LogP contribution < -0.4 is 5.32 Å². The van der Waals surface area contributed by atoms with Crippen molar-refractivity contribution in [3.8, 4) is 5.69 Å². The number of anilines is 1. The first-order valence-electron chi connectivity index (χ1n) is 7.62. The molecule has 2 heterocycles. The maximum Gasteiger partial charge on any atom is 0.436 e. The van der Waals surface area contributed by atoms with E-state index in [1.54, 1.807) is 0 Å². The van der Waals surface area contributed by atoms with Crippen LogP contribution in [-0.4, -0.2) is 25.5 Å². The fourth-order valence-corrected chi connectivity index (χ4v) is 2.51. The van der Waals surface area contributed by atoms with Crippen LogP contribution in [0.4, 0.5) is 32.2 Å². The van der Waals surface area contributed by atoms with E-state index in [0.29, 0.717) is 0 Å². The van der Waals surface area contributed by atoms with Gasteiger partial charge in [-0.1, -0.05) is 18.2 Å². The molecule has 3 rings (SSSR count). The Balaban J connectivity index is 2.23. The molecule has 0 radical (unpaired) electrons. The number of rotatable bonds is 3. The second-order valence-electron chi connectivity index (χ2n) is 5.64. The minimum atomic E-state index is -5.29. The van der Waals surface area contributed by atoms with Gasteiger partial charge in [-0.25, -0.2) is 4.68 Å². The van der Waals surface area contributed by atoms with Crippen molar-refractivity contribution in [2.45, 2.75) is 12.4 Å². The zero-order valence-corrected chi connectivity index (χ0v) is 14.0. The number of halogens is 6. The van der Waals surface area contributed by atoms with Gasteiger partial charge in [0.2, 0.25) is 0 Å². The van der Waals surface area contributed by atoms with Crippen LogP contribution >= 0.6 is 0 Å². The summed E-state index contributed by atoms with van der Waals surface area (Å²) in [6, 6.07) is 7.64. The number of nitrogens with one attached hydrogen (secondary N) is 1. The van der Waals surface area contributed by atoms with E-state index in [2.05, 4.69) is 10.2 Å². The molecular weight excluding hydrogens is 392 g/mol. The molecule has 0 atom stereocenters. The average Bonchev–Trinajstić information content (AvgIpc) is 3.18. The number of hydrogen-bond acceptors (Lipinski definition) is 3. The lowest BCUT2D eigenvalue weighted by atomic mass is 10.1. The minimum Gasteiger partial charge on any atom is -0.305 e. The monoisotopic (exact) mass is 403 g/mol. The second-order valence-corrected chi connectivity index (χ2v) is 5.64. The van der Waals surface area contributed by atoms with Crippen LogP contribution in [0.5, 0.6) is 0 Å². The van der Waals surface area contributed by atoms with Crippen molar-refractivity contribution in [3.63, 3.8) is 0 Å². The van der Waals surface area contributed by atoms with E-state index in [-0.39, 0.29) is 16.2 Å². The molecule has 0 bridgehead atoms. The predicted molar refractivity (Wildman–Crippen MR) is 84.7 cm³/mol. The fraction of sp³-hybridized carbons (Fsp3) is 0.188. The van der Waals surface area contributed by atoms with Gasteiger partial charge >= 0.3 is 12.4 Å². The Hall–Kier alpha value is -3.31. The summed E-state index contributed by atoms with van der Waals surface area (Å²) >= 11 is 0. The molecule has 0 aliphatic carbocycles. The normalized spacial score (nSPS) is 12.2. The molecule has 0 aliphatic heterocycles. The molecule has 3 aromatic rings. The lowest BCUT2D eigenvalue weighted by molar-refractivity contribution is -0.144. The Kier molecular flexibility index (Phi) is 4.65. The van der Waals surface area contributed by atoms with Crippen molar-refractivity contribution in [2.75, 3.05) is 5.32 Å². The third-order valence-corrected chi connectivity index (χ3v) is 3.61. The summed E-state index contributed by atoms with van der Waals surface area (Å²) in [6.45, 7) is 0. The summed E-state index contributed by atoms with van der Waals surface area (Å²) in [5, 5.41) is 8.74. The Morgan fingerprint density at radius 3 is 2.11 bits per heavy atom. The second kappa shape index (κ2) is 6.69. The van der Waals surface area contributed by atoms with Crippen LogP contribution in [-0.2, 0) is 19.4 Å². The number of aryl methyl sites for hydroxylation is 1. The van der Waals surface area contributed by atoms with Gasteiger partial charge in [-0.05, 0) is 12.1 Å². The summed E-state index contributed by atoms with van der Waals surface area (Å²) in [7, 11) is 1.46. The Labute approximate surface area is 153 Å². The van der Waals surface area contributed by atoms with Crippen LogP contribution in [0, 0.1) is 0 Å². The Morgan fingerprint density at radius 2 is 1.61 bits per heavy atom. The van der Waals surface area contributed by atoms with Crippen LogP contribution in [0.1, 0.15) is 21.7 Å². The molecule has 1 aromatic carbocycles. The first-order chi connectivity index (χ1) is 13.0. The number of benzene rings is 1. The Morgan fingerprint density at radius 1 is 0.964 bits per heavy atom. The molecule has 6 nitrogen and oxygen atoms in total. The van der Waals surface area contributed by atoms with E-state index >= 15 is 0 Å². The van der Waals surface area contributed by atoms with Crippen LogP contribution in [0.3, 0.4) is 0 Å². The molecule has 0 spiro atoms. The molecule has 1 amide bonds. The van der Waals surface area contributed by atoms with Gasteiger partial charge in [0, 0.05) is 19.3 Å². The van der Waals surface area contributed by atoms with Crippen LogP contribution in [0.2, 0.25) is 0 Å². The van der Waals surface area contributed by atoms with Gasteiger partial charge in [-0.2, -0.15) is 36.5 Å². The number of amides is 1. The summed E-state index contributed by atoms with van der Waals surface area (Å²) in [4.78, 5) is 12.4. The van der Waals surface area contributed by atoms with Gasteiger partial charge in [-0.15, -0.1) is 0 Å². The molecule has 2 aromatic heterocycles. The molecule has 0 saturated heterocycles. The number of carbonyl (C=O) groups is 1. The number of aromatic nitrogens is 4. The van der Waals surface area contributed by atoms with Gasteiger partial charge in [0.05, 0.1) is 5.69 Å². The van der Waals surface area contributed by atoms with E-state index in [9.17, 15) is 31.1 Å². The number of hydrogen-bond donors (Lipinski definition) is 1. The highest BCUT2D eigenvalue weighted by molar-refractivity contribution is 6.05. The molecule has 12 heteroatoms. The molecule has 1 N–H and O–H groups in total. The highest BCUT2D eigenvalue weighted by atomic mass is 19.4. The van der Waals surface area contributed by atoms with E-state index < -0.39 is 35.2 Å². The van der Waals surface area contributed by atoms with Crippen LogP contribution in [0.15, 0.2) is 42.6 Å².